The number of nitrogens with two attached hydrogens (primary N) is 1. The largest absolute Gasteiger partial charge is 0.382 e. The van der Waals surface area contributed by atoms with Gasteiger partial charge in [-0.1, -0.05) is 19.3 Å². The van der Waals surface area contributed by atoms with Gasteiger partial charge in [-0.05, 0) is 12.8 Å². The summed E-state index contributed by atoms with van der Waals surface area (Å²) in [4.78, 5) is 11.7. The molecule has 0 saturated heterocycles. The molecule has 1 aliphatic rings. The van der Waals surface area contributed by atoms with E-state index in [0.717, 1.165) is 25.7 Å². The van der Waals surface area contributed by atoms with E-state index in [1.807, 2.05) is 0 Å². The van der Waals surface area contributed by atoms with Gasteiger partial charge in [0, 0.05) is 13.7 Å². The average molecular weight is 244 g/mol. The Bertz CT molecular complexity index is 228. The van der Waals surface area contributed by atoms with E-state index in [4.69, 9.17) is 15.2 Å². The van der Waals surface area contributed by atoms with Crippen LogP contribution in [0.1, 0.15) is 32.1 Å². The summed E-state index contributed by atoms with van der Waals surface area (Å²) >= 11 is 0. The monoisotopic (exact) mass is 244 g/mol. The van der Waals surface area contributed by atoms with Gasteiger partial charge in [-0.2, -0.15) is 0 Å². The molecule has 1 amide bonds. The molecule has 100 valence electrons. The lowest BCUT2D eigenvalue weighted by atomic mass is 9.81. The van der Waals surface area contributed by atoms with Crippen molar-refractivity contribution in [1.29, 1.82) is 0 Å². The lowest BCUT2D eigenvalue weighted by Gasteiger charge is -2.37. The van der Waals surface area contributed by atoms with Gasteiger partial charge < -0.3 is 20.5 Å². The Morgan fingerprint density at radius 1 is 1.29 bits per heavy atom. The van der Waals surface area contributed by atoms with Crippen molar-refractivity contribution in [2.45, 2.75) is 37.6 Å². The first kappa shape index (κ1) is 14.4. The van der Waals surface area contributed by atoms with E-state index in [0.29, 0.717) is 19.8 Å². The molecule has 0 aliphatic heterocycles. The van der Waals surface area contributed by atoms with Crippen molar-refractivity contribution < 1.29 is 14.3 Å². The minimum atomic E-state index is -0.194. The number of hydrogen-bond acceptors (Lipinski definition) is 4. The zero-order chi connectivity index (χ0) is 12.6. The van der Waals surface area contributed by atoms with E-state index in [9.17, 15) is 4.79 Å². The normalized spacial score (nSPS) is 18.9. The van der Waals surface area contributed by atoms with Crippen LogP contribution in [0.25, 0.3) is 0 Å². The Morgan fingerprint density at radius 2 is 2.00 bits per heavy atom. The Morgan fingerprint density at radius 3 is 2.59 bits per heavy atom. The van der Waals surface area contributed by atoms with Crippen LogP contribution in [0.5, 0.6) is 0 Å². The fraction of sp³-hybridized carbons (Fsp3) is 0.917. The van der Waals surface area contributed by atoms with Gasteiger partial charge in [0.1, 0.15) is 6.61 Å². The zero-order valence-corrected chi connectivity index (χ0v) is 10.7. The van der Waals surface area contributed by atoms with Crippen molar-refractivity contribution >= 4 is 5.91 Å². The minimum absolute atomic E-state index is 0.0755. The fourth-order valence-corrected chi connectivity index (χ4v) is 2.25. The maximum Gasteiger partial charge on any atom is 0.246 e. The van der Waals surface area contributed by atoms with Gasteiger partial charge in [0.05, 0.1) is 18.8 Å². The predicted molar refractivity (Wildman–Crippen MR) is 65.7 cm³/mol. The van der Waals surface area contributed by atoms with Gasteiger partial charge in [0.2, 0.25) is 5.91 Å². The second-order valence-electron chi connectivity index (χ2n) is 4.64. The third-order valence-corrected chi connectivity index (χ3v) is 3.27. The SMILES string of the molecule is COCCOCC(=O)NC1(CN)CCCCC1. The summed E-state index contributed by atoms with van der Waals surface area (Å²) in [5.41, 5.74) is 5.59. The molecule has 0 unspecified atom stereocenters. The fourth-order valence-electron chi connectivity index (χ4n) is 2.25. The second kappa shape index (κ2) is 7.63. The maximum atomic E-state index is 11.7. The van der Waals surface area contributed by atoms with Crippen molar-refractivity contribution in [3.8, 4) is 0 Å². The molecule has 0 radical (unpaired) electrons. The van der Waals surface area contributed by atoms with Crippen molar-refractivity contribution in [2.24, 2.45) is 5.73 Å². The number of amides is 1. The highest BCUT2D eigenvalue weighted by molar-refractivity contribution is 5.78. The van der Waals surface area contributed by atoms with Crippen LogP contribution in [0.2, 0.25) is 0 Å². The Kier molecular flexibility index (Phi) is 6.47. The Hall–Kier alpha value is -0.650. The van der Waals surface area contributed by atoms with Gasteiger partial charge in [-0.3, -0.25) is 4.79 Å². The standard InChI is InChI=1S/C12H24N2O3/c1-16-7-8-17-9-11(15)14-12(10-13)5-3-2-4-6-12/h2-10,13H2,1H3,(H,14,15). The molecule has 0 aromatic carbocycles. The molecule has 0 spiro atoms. The number of carbonyl (C=O) groups excluding carboxylic acids is 1. The molecule has 0 atom stereocenters. The molecule has 0 bridgehead atoms. The Balaban J connectivity index is 2.27. The lowest BCUT2D eigenvalue weighted by molar-refractivity contribution is -0.128. The Labute approximate surface area is 103 Å². The van der Waals surface area contributed by atoms with E-state index < -0.39 is 0 Å². The molecular weight excluding hydrogens is 220 g/mol. The summed E-state index contributed by atoms with van der Waals surface area (Å²) in [6, 6.07) is 0. The number of rotatable bonds is 7. The predicted octanol–water partition coefficient (Wildman–Crippen LogP) is 0.427. The number of hydrogen-bond donors (Lipinski definition) is 2. The van der Waals surface area contributed by atoms with Gasteiger partial charge in [0.15, 0.2) is 0 Å². The van der Waals surface area contributed by atoms with Crippen LogP contribution in [-0.4, -0.2) is 44.9 Å². The van der Waals surface area contributed by atoms with Crippen molar-refractivity contribution in [3.63, 3.8) is 0 Å². The molecular formula is C12H24N2O3. The van der Waals surface area contributed by atoms with E-state index in [2.05, 4.69) is 5.32 Å². The summed E-state index contributed by atoms with van der Waals surface area (Å²) < 4.78 is 10.0. The summed E-state index contributed by atoms with van der Waals surface area (Å²) in [6.07, 6.45) is 5.48. The molecule has 3 N–H and O–H groups in total. The molecule has 1 rings (SSSR count). The number of carbonyl (C=O) groups is 1. The first-order valence-electron chi connectivity index (χ1n) is 6.30. The zero-order valence-electron chi connectivity index (χ0n) is 10.7. The molecule has 1 fully saturated rings. The van der Waals surface area contributed by atoms with E-state index in [1.54, 1.807) is 7.11 Å². The highest BCUT2D eigenvalue weighted by Crippen LogP contribution is 2.27. The van der Waals surface area contributed by atoms with E-state index in [1.165, 1.54) is 6.42 Å². The molecule has 0 aromatic rings. The van der Waals surface area contributed by atoms with Crippen LogP contribution < -0.4 is 11.1 Å². The van der Waals surface area contributed by atoms with Crippen LogP contribution in [0.3, 0.4) is 0 Å². The van der Waals surface area contributed by atoms with Gasteiger partial charge in [-0.25, -0.2) is 0 Å². The molecule has 0 aromatic heterocycles. The molecule has 0 heterocycles. The van der Waals surface area contributed by atoms with Crippen LogP contribution >= 0.6 is 0 Å². The maximum absolute atomic E-state index is 11.7. The topological polar surface area (TPSA) is 73.6 Å². The molecule has 1 saturated carbocycles. The molecule has 5 heteroatoms. The van der Waals surface area contributed by atoms with Crippen LogP contribution in [-0.2, 0) is 14.3 Å². The first-order valence-corrected chi connectivity index (χ1v) is 6.30. The minimum Gasteiger partial charge on any atom is -0.382 e. The number of nitrogens with one attached hydrogen (secondary N) is 1. The summed E-state index contributed by atoms with van der Waals surface area (Å²) in [5.74, 6) is -0.0755. The van der Waals surface area contributed by atoms with Crippen molar-refractivity contribution in [3.05, 3.63) is 0 Å². The van der Waals surface area contributed by atoms with Crippen LogP contribution in [0.4, 0.5) is 0 Å². The van der Waals surface area contributed by atoms with Gasteiger partial charge in [0.25, 0.3) is 0 Å². The number of ether oxygens (including phenoxy) is 2. The molecule has 17 heavy (non-hydrogen) atoms. The summed E-state index contributed by atoms with van der Waals surface area (Å²) in [6.45, 7) is 1.55. The lowest BCUT2D eigenvalue weighted by Crippen LogP contribution is -2.55. The first-order chi connectivity index (χ1) is 8.22. The van der Waals surface area contributed by atoms with Crippen LogP contribution in [0, 0.1) is 0 Å². The molecule has 1 aliphatic carbocycles. The quantitative estimate of drug-likeness (QED) is 0.637. The third-order valence-electron chi connectivity index (χ3n) is 3.27. The van der Waals surface area contributed by atoms with Crippen molar-refractivity contribution in [1.82, 2.24) is 5.32 Å². The third kappa shape index (κ3) is 5.02. The summed E-state index contributed by atoms with van der Waals surface area (Å²) in [5, 5.41) is 3.03. The highest BCUT2D eigenvalue weighted by Gasteiger charge is 2.31. The highest BCUT2D eigenvalue weighted by atomic mass is 16.5. The van der Waals surface area contributed by atoms with Crippen molar-refractivity contribution in [2.75, 3.05) is 33.5 Å². The average Bonchev–Trinajstić information content (AvgIpc) is 2.36. The van der Waals surface area contributed by atoms with Gasteiger partial charge in [-0.15, -0.1) is 0 Å². The van der Waals surface area contributed by atoms with E-state index in [-0.39, 0.29) is 18.1 Å². The summed E-state index contributed by atoms with van der Waals surface area (Å²) in [7, 11) is 1.61. The number of methoxy groups -OCH3 is 1. The van der Waals surface area contributed by atoms with Gasteiger partial charge >= 0.3 is 0 Å². The van der Waals surface area contributed by atoms with E-state index >= 15 is 0 Å². The van der Waals surface area contributed by atoms with Crippen LogP contribution in [0.15, 0.2) is 0 Å². The smallest absolute Gasteiger partial charge is 0.246 e. The second-order valence-corrected chi connectivity index (χ2v) is 4.64. The molecule has 5 nitrogen and oxygen atoms in total.